The van der Waals surface area contributed by atoms with Crippen LogP contribution >= 0.6 is 0 Å². The first-order chi connectivity index (χ1) is 14.7. The van der Waals surface area contributed by atoms with Gasteiger partial charge in [-0.05, 0) is 31.5 Å². The molecule has 0 radical (unpaired) electrons. The molecule has 4 rings (SSSR count). The van der Waals surface area contributed by atoms with Gasteiger partial charge in [-0.15, -0.1) is 0 Å². The van der Waals surface area contributed by atoms with Gasteiger partial charge in [0.05, 0.1) is 16.8 Å². The van der Waals surface area contributed by atoms with Crippen molar-refractivity contribution in [3.05, 3.63) is 41.1 Å². The molecule has 0 aliphatic carbocycles. The van der Waals surface area contributed by atoms with Gasteiger partial charge in [-0.1, -0.05) is 0 Å². The van der Waals surface area contributed by atoms with Crippen LogP contribution in [0.4, 0.5) is 5.82 Å². The molecule has 31 heavy (non-hydrogen) atoms. The number of piperidine rings is 1. The van der Waals surface area contributed by atoms with Gasteiger partial charge >= 0.3 is 0 Å². The topological polar surface area (TPSA) is 140 Å². The molecule has 1 atom stereocenters. The van der Waals surface area contributed by atoms with Crippen LogP contribution in [0.1, 0.15) is 39.3 Å². The van der Waals surface area contributed by atoms with Crippen LogP contribution in [0.3, 0.4) is 0 Å². The van der Waals surface area contributed by atoms with Crippen molar-refractivity contribution in [2.75, 3.05) is 11.9 Å². The van der Waals surface area contributed by atoms with Gasteiger partial charge in [-0.3, -0.25) is 38.9 Å². The summed E-state index contributed by atoms with van der Waals surface area (Å²) in [5, 5.41) is 8.94. The third kappa shape index (κ3) is 3.77. The Morgan fingerprint density at radius 2 is 1.94 bits per heavy atom. The first kappa shape index (κ1) is 20.3. The number of amides is 5. The van der Waals surface area contributed by atoms with Crippen LogP contribution in [0.2, 0.25) is 0 Å². The third-order valence-electron chi connectivity index (χ3n) is 5.05. The molecule has 1 unspecified atom stereocenters. The molecule has 0 saturated carbocycles. The van der Waals surface area contributed by atoms with E-state index in [2.05, 4.69) is 15.7 Å². The van der Waals surface area contributed by atoms with Crippen molar-refractivity contribution < 1.29 is 28.7 Å². The highest BCUT2D eigenvalue weighted by Crippen LogP contribution is 2.30. The molecule has 1 saturated heterocycles. The van der Waals surface area contributed by atoms with Crippen molar-refractivity contribution in [3.63, 3.8) is 0 Å². The van der Waals surface area contributed by atoms with Gasteiger partial charge in [0.1, 0.15) is 17.6 Å². The molecule has 1 aromatic carbocycles. The van der Waals surface area contributed by atoms with Crippen LogP contribution in [0.25, 0.3) is 0 Å². The van der Waals surface area contributed by atoms with Gasteiger partial charge in [0.2, 0.25) is 11.8 Å². The zero-order chi connectivity index (χ0) is 22.3. The van der Waals surface area contributed by atoms with E-state index in [0.29, 0.717) is 5.82 Å². The van der Waals surface area contributed by atoms with Crippen LogP contribution in [0.15, 0.2) is 24.3 Å². The Hall–Kier alpha value is -4.02. The zero-order valence-corrected chi connectivity index (χ0v) is 16.8. The number of benzene rings is 1. The zero-order valence-electron chi connectivity index (χ0n) is 16.8. The fraction of sp³-hybridized carbons (Fsp3) is 0.300. The summed E-state index contributed by atoms with van der Waals surface area (Å²) in [6.07, 6.45) is 0.122. The van der Waals surface area contributed by atoms with Crippen molar-refractivity contribution in [1.29, 1.82) is 0 Å². The number of anilines is 1. The number of imide groups is 2. The lowest BCUT2D eigenvalue weighted by Crippen LogP contribution is -2.54. The Morgan fingerprint density at radius 1 is 1.19 bits per heavy atom. The standard InChI is InChI=1S/C20H19N5O6/c1-10-7-15(24(2)23-10)21-17(27)9-31-11-3-4-12-13(8-11)20(30)25(19(12)29)14-5-6-16(26)22-18(14)28/h3-4,7-8,14H,5-6,9H2,1-2H3,(H,21,27)(H,22,26,28). The number of aromatic nitrogens is 2. The number of nitrogens with zero attached hydrogens (tertiary/aromatic N) is 3. The lowest BCUT2D eigenvalue weighted by atomic mass is 10.0. The molecule has 0 spiro atoms. The Bertz CT molecular complexity index is 1140. The van der Waals surface area contributed by atoms with Crippen molar-refractivity contribution in [2.24, 2.45) is 7.05 Å². The maximum Gasteiger partial charge on any atom is 0.263 e. The van der Waals surface area contributed by atoms with E-state index in [1.54, 1.807) is 20.0 Å². The number of rotatable bonds is 5. The number of carbonyl (C=O) groups excluding carboxylic acids is 5. The molecule has 160 valence electrons. The highest BCUT2D eigenvalue weighted by atomic mass is 16.5. The molecule has 1 fully saturated rings. The summed E-state index contributed by atoms with van der Waals surface area (Å²) >= 11 is 0. The summed E-state index contributed by atoms with van der Waals surface area (Å²) < 4.78 is 6.99. The number of ether oxygens (including phenoxy) is 1. The summed E-state index contributed by atoms with van der Waals surface area (Å²) in [7, 11) is 1.70. The highest BCUT2D eigenvalue weighted by Gasteiger charge is 2.44. The first-order valence-electron chi connectivity index (χ1n) is 9.53. The van der Waals surface area contributed by atoms with E-state index in [-0.39, 0.29) is 36.3 Å². The fourth-order valence-electron chi connectivity index (χ4n) is 3.60. The summed E-state index contributed by atoms with van der Waals surface area (Å²) in [6, 6.07) is 4.92. The van der Waals surface area contributed by atoms with E-state index < -0.39 is 35.6 Å². The Kier molecular flexibility index (Phi) is 5.01. The normalized spacial score (nSPS) is 18.1. The Labute approximate surface area is 176 Å². The summed E-state index contributed by atoms with van der Waals surface area (Å²) in [6.45, 7) is 1.48. The van der Waals surface area contributed by atoms with Crippen LogP contribution < -0.4 is 15.4 Å². The summed E-state index contributed by atoms with van der Waals surface area (Å²) in [5.74, 6) is -2.05. The Morgan fingerprint density at radius 3 is 2.61 bits per heavy atom. The molecule has 2 aromatic rings. The average molecular weight is 425 g/mol. The molecule has 2 aliphatic heterocycles. The average Bonchev–Trinajstić information content (AvgIpc) is 3.16. The molecular formula is C20H19N5O6. The highest BCUT2D eigenvalue weighted by molar-refractivity contribution is 6.23. The quantitative estimate of drug-likeness (QED) is 0.650. The molecule has 1 aromatic heterocycles. The lowest BCUT2D eigenvalue weighted by molar-refractivity contribution is -0.136. The maximum absolute atomic E-state index is 12.8. The molecule has 2 N–H and O–H groups in total. The molecule has 2 aliphatic rings. The fourth-order valence-corrected chi connectivity index (χ4v) is 3.60. The molecule has 3 heterocycles. The van der Waals surface area contributed by atoms with E-state index in [1.165, 1.54) is 22.9 Å². The first-order valence-corrected chi connectivity index (χ1v) is 9.53. The van der Waals surface area contributed by atoms with Crippen LogP contribution in [-0.2, 0) is 21.4 Å². The van der Waals surface area contributed by atoms with Gasteiger partial charge in [0, 0.05) is 19.5 Å². The van der Waals surface area contributed by atoms with Gasteiger partial charge in [0.25, 0.3) is 17.7 Å². The minimum atomic E-state index is -1.04. The number of hydrogen-bond donors (Lipinski definition) is 2. The van der Waals surface area contributed by atoms with Crippen molar-refractivity contribution in [1.82, 2.24) is 20.0 Å². The van der Waals surface area contributed by atoms with Crippen LogP contribution in [0.5, 0.6) is 5.75 Å². The van der Waals surface area contributed by atoms with Crippen molar-refractivity contribution in [2.45, 2.75) is 25.8 Å². The maximum atomic E-state index is 12.8. The van der Waals surface area contributed by atoms with Crippen molar-refractivity contribution in [3.8, 4) is 5.75 Å². The predicted octanol–water partition coefficient (Wildman–Crippen LogP) is 0.147. The largest absolute Gasteiger partial charge is 0.484 e. The summed E-state index contributed by atoms with van der Waals surface area (Å²) in [5.41, 5.74) is 0.966. The second-order valence-corrected chi connectivity index (χ2v) is 7.29. The molecule has 5 amide bonds. The second kappa shape index (κ2) is 7.67. The predicted molar refractivity (Wildman–Crippen MR) is 105 cm³/mol. The number of aryl methyl sites for hydroxylation is 2. The second-order valence-electron chi connectivity index (χ2n) is 7.29. The van der Waals surface area contributed by atoms with E-state index in [0.717, 1.165) is 10.6 Å². The molecule has 11 nitrogen and oxygen atoms in total. The van der Waals surface area contributed by atoms with E-state index in [4.69, 9.17) is 4.74 Å². The van der Waals surface area contributed by atoms with Crippen LogP contribution in [0, 0.1) is 6.92 Å². The number of nitrogens with one attached hydrogen (secondary N) is 2. The molecular weight excluding hydrogens is 406 g/mol. The van der Waals surface area contributed by atoms with E-state index in [9.17, 15) is 24.0 Å². The number of fused-ring (bicyclic) bond motifs is 1. The number of hydrogen-bond acceptors (Lipinski definition) is 7. The number of carbonyl (C=O) groups is 5. The molecule has 0 bridgehead atoms. The third-order valence-corrected chi connectivity index (χ3v) is 5.05. The lowest BCUT2D eigenvalue weighted by Gasteiger charge is -2.27. The smallest absolute Gasteiger partial charge is 0.263 e. The molecule has 11 heteroatoms. The van der Waals surface area contributed by atoms with Crippen molar-refractivity contribution >= 4 is 35.4 Å². The van der Waals surface area contributed by atoms with E-state index >= 15 is 0 Å². The van der Waals surface area contributed by atoms with Gasteiger partial charge < -0.3 is 10.1 Å². The van der Waals surface area contributed by atoms with Crippen LogP contribution in [-0.4, -0.2) is 56.9 Å². The van der Waals surface area contributed by atoms with Gasteiger partial charge in [-0.2, -0.15) is 5.10 Å². The monoisotopic (exact) mass is 425 g/mol. The minimum Gasteiger partial charge on any atom is -0.484 e. The van der Waals surface area contributed by atoms with Gasteiger partial charge in [0.15, 0.2) is 6.61 Å². The minimum absolute atomic E-state index is 0.0451. The van der Waals surface area contributed by atoms with Gasteiger partial charge in [-0.25, -0.2) is 0 Å². The Balaban J connectivity index is 1.44. The summed E-state index contributed by atoms with van der Waals surface area (Å²) in [4.78, 5) is 61.9. The SMILES string of the molecule is Cc1cc(NC(=O)COc2ccc3c(c2)C(=O)N(C2CCC(=O)NC2=O)C3=O)n(C)n1. The van der Waals surface area contributed by atoms with E-state index in [1.807, 2.05) is 0 Å².